The molecule has 0 heterocycles. The van der Waals surface area contributed by atoms with Crippen LogP contribution in [0.5, 0.6) is 5.75 Å². The maximum absolute atomic E-state index is 9.23. The fourth-order valence-corrected chi connectivity index (χ4v) is 2.63. The molecule has 1 N–H and O–H groups in total. The van der Waals surface area contributed by atoms with Crippen molar-refractivity contribution in [1.29, 1.82) is 0 Å². The van der Waals surface area contributed by atoms with Crippen molar-refractivity contribution in [3.05, 3.63) is 29.8 Å². The fraction of sp³-hybridized carbons (Fsp3) is 0.625. The Hall–Kier alpha value is -1.02. The van der Waals surface area contributed by atoms with E-state index in [1.807, 2.05) is 12.1 Å². The second kappa shape index (κ2) is 6.79. The van der Waals surface area contributed by atoms with Crippen LogP contribution in [0.25, 0.3) is 0 Å². The number of ether oxygens (including phenoxy) is 1. The van der Waals surface area contributed by atoms with Crippen molar-refractivity contribution in [2.75, 3.05) is 6.61 Å². The van der Waals surface area contributed by atoms with Gasteiger partial charge in [-0.15, -0.1) is 0 Å². The van der Waals surface area contributed by atoms with Crippen molar-refractivity contribution in [3.8, 4) is 5.75 Å². The third-order valence-corrected chi connectivity index (χ3v) is 3.79. The summed E-state index contributed by atoms with van der Waals surface area (Å²) >= 11 is 0. The lowest BCUT2D eigenvalue weighted by atomic mass is 9.98. The Labute approximate surface area is 110 Å². The zero-order chi connectivity index (χ0) is 12.8. The molecule has 0 aromatic heterocycles. The Bertz CT molecular complexity index is 339. The highest BCUT2D eigenvalue weighted by atomic mass is 16.5. The minimum Gasteiger partial charge on any atom is -0.508 e. The molecule has 0 bridgehead atoms. The predicted molar refractivity (Wildman–Crippen MR) is 73.8 cm³/mol. The molecule has 0 radical (unpaired) electrons. The zero-order valence-corrected chi connectivity index (χ0v) is 11.3. The predicted octanol–water partition coefficient (Wildman–Crippen LogP) is 3.92. The van der Waals surface area contributed by atoms with Crippen molar-refractivity contribution < 1.29 is 9.84 Å². The molecule has 100 valence electrons. The molecule has 1 fully saturated rings. The average Bonchev–Trinajstić information content (AvgIpc) is 2.85. The van der Waals surface area contributed by atoms with Gasteiger partial charge in [-0.3, -0.25) is 0 Å². The van der Waals surface area contributed by atoms with E-state index in [-0.39, 0.29) is 0 Å². The quantitative estimate of drug-likeness (QED) is 0.826. The second-order valence-corrected chi connectivity index (χ2v) is 5.54. The van der Waals surface area contributed by atoms with Gasteiger partial charge in [0.05, 0.1) is 6.10 Å². The van der Waals surface area contributed by atoms with E-state index < -0.39 is 0 Å². The molecule has 1 saturated carbocycles. The Kier molecular flexibility index (Phi) is 5.06. The van der Waals surface area contributed by atoms with Crippen LogP contribution in [0.2, 0.25) is 0 Å². The van der Waals surface area contributed by atoms with E-state index in [0.717, 1.165) is 19.4 Å². The molecule has 1 aromatic rings. The molecular weight excluding hydrogens is 224 g/mol. The fourth-order valence-electron chi connectivity index (χ4n) is 2.63. The number of aromatic hydroxyl groups is 1. The first-order chi connectivity index (χ1) is 8.74. The third kappa shape index (κ3) is 4.34. The SMILES string of the molecule is CC(CCOC1CCCC1)Cc1ccc(O)cc1. The molecule has 0 amide bonds. The molecular formula is C16H24O2. The summed E-state index contributed by atoms with van der Waals surface area (Å²) in [5.74, 6) is 0.979. The normalized spacial score (nSPS) is 18.1. The molecule has 0 aliphatic heterocycles. The van der Waals surface area contributed by atoms with Gasteiger partial charge in [0.1, 0.15) is 5.75 Å². The summed E-state index contributed by atoms with van der Waals surface area (Å²) in [7, 11) is 0. The number of phenols is 1. The monoisotopic (exact) mass is 248 g/mol. The highest BCUT2D eigenvalue weighted by Gasteiger charge is 2.15. The number of hydrogen-bond acceptors (Lipinski definition) is 2. The minimum absolute atomic E-state index is 0.343. The van der Waals surface area contributed by atoms with E-state index in [2.05, 4.69) is 6.92 Å². The molecule has 2 nitrogen and oxygen atoms in total. The van der Waals surface area contributed by atoms with E-state index in [4.69, 9.17) is 4.74 Å². The summed E-state index contributed by atoms with van der Waals surface area (Å²) in [6.45, 7) is 3.16. The van der Waals surface area contributed by atoms with Crippen molar-refractivity contribution >= 4 is 0 Å². The number of phenolic OH excluding ortho intramolecular Hbond substituents is 1. The van der Waals surface area contributed by atoms with E-state index in [1.165, 1.54) is 31.2 Å². The Morgan fingerprint density at radius 2 is 1.89 bits per heavy atom. The summed E-state index contributed by atoms with van der Waals surface area (Å²) in [4.78, 5) is 0. The first-order valence-electron chi connectivity index (χ1n) is 7.13. The van der Waals surface area contributed by atoms with Gasteiger partial charge in [-0.25, -0.2) is 0 Å². The number of rotatable bonds is 6. The lowest BCUT2D eigenvalue weighted by Gasteiger charge is -2.15. The maximum Gasteiger partial charge on any atom is 0.115 e. The van der Waals surface area contributed by atoms with Gasteiger partial charge in [0.2, 0.25) is 0 Å². The highest BCUT2D eigenvalue weighted by Crippen LogP contribution is 2.22. The van der Waals surface area contributed by atoms with Crippen LogP contribution in [0.1, 0.15) is 44.6 Å². The van der Waals surface area contributed by atoms with E-state index in [1.54, 1.807) is 12.1 Å². The highest BCUT2D eigenvalue weighted by molar-refractivity contribution is 5.26. The van der Waals surface area contributed by atoms with Crippen LogP contribution < -0.4 is 0 Å². The lowest BCUT2D eigenvalue weighted by Crippen LogP contribution is -2.11. The molecule has 2 heteroatoms. The summed E-state index contributed by atoms with van der Waals surface area (Å²) in [6.07, 6.45) is 7.91. The summed E-state index contributed by atoms with van der Waals surface area (Å²) in [5, 5.41) is 9.23. The molecule has 1 aliphatic carbocycles. The van der Waals surface area contributed by atoms with Crippen LogP contribution in [-0.4, -0.2) is 17.8 Å². The van der Waals surface area contributed by atoms with Crippen LogP contribution in [0.4, 0.5) is 0 Å². The first kappa shape index (κ1) is 13.4. The standard InChI is InChI=1S/C16H24O2/c1-13(10-11-18-16-4-2-3-5-16)12-14-6-8-15(17)9-7-14/h6-9,13,16-17H,2-5,10-12H2,1H3. The minimum atomic E-state index is 0.343. The smallest absolute Gasteiger partial charge is 0.115 e. The van der Waals surface area contributed by atoms with Crippen molar-refractivity contribution in [1.82, 2.24) is 0 Å². The van der Waals surface area contributed by atoms with Gasteiger partial charge < -0.3 is 9.84 Å². The number of benzene rings is 1. The summed E-state index contributed by atoms with van der Waals surface area (Å²) in [5.41, 5.74) is 1.29. The molecule has 0 spiro atoms. The summed E-state index contributed by atoms with van der Waals surface area (Å²) < 4.78 is 5.89. The molecule has 1 aliphatic rings. The van der Waals surface area contributed by atoms with Crippen molar-refractivity contribution in [2.45, 2.75) is 51.6 Å². The maximum atomic E-state index is 9.23. The van der Waals surface area contributed by atoms with Gasteiger partial charge in [-0.05, 0) is 49.3 Å². The van der Waals surface area contributed by atoms with Crippen LogP contribution >= 0.6 is 0 Å². The lowest BCUT2D eigenvalue weighted by molar-refractivity contribution is 0.0504. The Morgan fingerprint density at radius 3 is 2.56 bits per heavy atom. The van der Waals surface area contributed by atoms with Gasteiger partial charge in [0.15, 0.2) is 0 Å². The van der Waals surface area contributed by atoms with E-state index >= 15 is 0 Å². The van der Waals surface area contributed by atoms with Crippen LogP contribution in [0.3, 0.4) is 0 Å². The van der Waals surface area contributed by atoms with E-state index in [0.29, 0.717) is 17.8 Å². The molecule has 1 unspecified atom stereocenters. The van der Waals surface area contributed by atoms with Crippen molar-refractivity contribution in [2.24, 2.45) is 5.92 Å². The van der Waals surface area contributed by atoms with Gasteiger partial charge in [-0.1, -0.05) is 31.9 Å². The molecule has 1 atom stereocenters. The molecule has 18 heavy (non-hydrogen) atoms. The molecule has 1 aromatic carbocycles. The van der Waals surface area contributed by atoms with Crippen LogP contribution in [0, 0.1) is 5.92 Å². The van der Waals surface area contributed by atoms with Gasteiger partial charge in [-0.2, -0.15) is 0 Å². The zero-order valence-electron chi connectivity index (χ0n) is 11.3. The Morgan fingerprint density at radius 1 is 1.22 bits per heavy atom. The second-order valence-electron chi connectivity index (χ2n) is 5.54. The topological polar surface area (TPSA) is 29.5 Å². The van der Waals surface area contributed by atoms with Gasteiger partial charge in [0.25, 0.3) is 0 Å². The molecule has 2 rings (SSSR count). The molecule has 0 saturated heterocycles. The average molecular weight is 248 g/mol. The third-order valence-electron chi connectivity index (χ3n) is 3.79. The van der Waals surface area contributed by atoms with Crippen LogP contribution in [0.15, 0.2) is 24.3 Å². The largest absolute Gasteiger partial charge is 0.508 e. The number of hydrogen-bond donors (Lipinski definition) is 1. The van der Waals surface area contributed by atoms with Crippen LogP contribution in [-0.2, 0) is 11.2 Å². The van der Waals surface area contributed by atoms with Gasteiger partial charge >= 0.3 is 0 Å². The first-order valence-corrected chi connectivity index (χ1v) is 7.13. The summed E-state index contributed by atoms with van der Waals surface area (Å²) in [6, 6.07) is 7.53. The van der Waals surface area contributed by atoms with E-state index in [9.17, 15) is 5.11 Å². The van der Waals surface area contributed by atoms with Gasteiger partial charge in [0, 0.05) is 6.61 Å². The van der Waals surface area contributed by atoms with Crippen molar-refractivity contribution in [3.63, 3.8) is 0 Å². The Balaban J connectivity index is 1.65.